The lowest BCUT2D eigenvalue weighted by Gasteiger charge is -2.22. The number of nitrogens with zero attached hydrogens (tertiary/aromatic N) is 1. The molecule has 1 aromatic heterocycles. The van der Waals surface area contributed by atoms with Crippen molar-refractivity contribution >= 4 is 5.97 Å². The average molecular weight is 353 g/mol. The lowest BCUT2D eigenvalue weighted by Crippen LogP contribution is -2.12. The Labute approximate surface area is 148 Å². The van der Waals surface area contributed by atoms with Crippen molar-refractivity contribution in [1.82, 2.24) is 4.57 Å². The molecule has 0 atom stereocenters. The van der Waals surface area contributed by atoms with E-state index in [1.54, 1.807) is 30.3 Å². The zero-order valence-corrected chi connectivity index (χ0v) is 14.0. The van der Waals surface area contributed by atoms with Gasteiger partial charge in [-0.15, -0.1) is 0 Å². The molecule has 2 aromatic carbocycles. The van der Waals surface area contributed by atoms with Crippen LogP contribution in [0, 0.1) is 5.82 Å². The van der Waals surface area contributed by atoms with E-state index in [0.29, 0.717) is 35.7 Å². The first-order valence-electron chi connectivity index (χ1n) is 8.12. The molecule has 0 unspecified atom stereocenters. The van der Waals surface area contributed by atoms with Crippen LogP contribution in [0.2, 0.25) is 0 Å². The van der Waals surface area contributed by atoms with Crippen LogP contribution < -0.4 is 4.74 Å². The van der Waals surface area contributed by atoms with Crippen molar-refractivity contribution in [3.05, 3.63) is 59.4 Å². The summed E-state index contributed by atoms with van der Waals surface area (Å²) in [5.41, 5.74) is 3.48. The standard InChI is InChI=1S/C20H16FNO4/c1-26-18-8-11-5-6-22-16(14(11)10-17(18)23)9-15(20(24)25)19(22)12-3-2-4-13(21)7-12/h2-4,7-10,23H,5-6H2,1H3,(H,24,25). The number of carbonyl (C=O) groups is 1. The molecular weight excluding hydrogens is 337 g/mol. The maximum Gasteiger partial charge on any atom is 0.337 e. The predicted octanol–water partition coefficient (Wildman–Crippen LogP) is 3.93. The van der Waals surface area contributed by atoms with E-state index in [0.717, 1.165) is 11.1 Å². The van der Waals surface area contributed by atoms with Crippen LogP contribution in [0.1, 0.15) is 15.9 Å². The highest BCUT2D eigenvalue weighted by Gasteiger charge is 2.27. The number of hydrogen-bond acceptors (Lipinski definition) is 3. The highest BCUT2D eigenvalue weighted by Crippen LogP contribution is 2.42. The van der Waals surface area contributed by atoms with Gasteiger partial charge >= 0.3 is 5.97 Å². The predicted molar refractivity (Wildman–Crippen MR) is 94.1 cm³/mol. The summed E-state index contributed by atoms with van der Waals surface area (Å²) >= 11 is 0. The molecule has 6 heteroatoms. The maximum absolute atomic E-state index is 13.7. The number of halogens is 1. The van der Waals surface area contributed by atoms with E-state index in [9.17, 15) is 19.4 Å². The summed E-state index contributed by atoms with van der Waals surface area (Å²) in [7, 11) is 1.48. The van der Waals surface area contributed by atoms with Gasteiger partial charge in [0.1, 0.15) is 5.82 Å². The van der Waals surface area contributed by atoms with Crippen LogP contribution in [0.3, 0.4) is 0 Å². The van der Waals surface area contributed by atoms with Crippen LogP contribution in [-0.4, -0.2) is 27.9 Å². The number of methoxy groups -OCH3 is 1. The zero-order chi connectivity index (χ0) is 18.4. The molecule has 0 saturated heterocycles. The lowest BCUT2D eigenvalue weighted by molar-refractivity contribution is 0.0697. The summed E-state index contributed by atoms with van der Waals surface area (Å²) in [6, 6.07) is 10.8. The molecule has 0 fully saturated rings. The molecule has 4 rings (SSSR count). The summed E-state index contributed by atoms with van der Waals surface area (Å²) in [5, 5.41) is 19.8. The number of benzene rings is 2. The van der Waals surface area contributed by atoms with Gasteiger partial charge in [-0.2, -0.15) is 0 Å². The minimum absolute atomic E-state index is 0.00918. The molecule has 0 saturated carbocycles. The minimum Gasteiger partial charge on any atom is -0.504 e. The zero-order valence-electron chi connectivity index (χ0n) is 14.0. The number of carboxylic acid groups (broad SMARTS) is 1. The van der Waals surface area contributed by atoms with Crippen molar-refractivity contribution in [3.63, 3.8) is 0 Å². The smallest absolute Gasteiger partial charge is 0.337 e. The van der Waals surface area contributed by atoms with Gasteiger partial charge in [-0.3, -0.25) is 0 Å². The first kappa shape index (κ1) is 16.2. The quantitative estimate of drug-likeness (QED) is 0.748. The van der Waals surface area contributed by atoms with Gasteiger partial charge in [-0.25, -0.2) is 9.18 Å². The Morgan fingerprint density at radius 3 is 2.73 bits per heavy atom. The number of hydrogen-bond donors (Lipinski definition) is 2. The summed E-state index contributed by atoms with van der Waals surface area (Å²) in [5.74, 6) is -1.13. The Kier molecular flexibility index (Phi) is 3.68. The number of ether oxygens (including phenoxy) is 1. The van der Waals surface area contributed by atoms with Gasteiger partial charge in [0.2, 0.25) is 0 Å². The van der Waals surface area contributed by atoms with Crippen molar-refractivity contribution in [3.8, 4) is 34.0 Å². The first-order chi connectivity index (χ1) is 12.5. The maximum atomic E-state index is 13.7. The molecule has 0 aliphatic carbocycles. The summed E-state index contributed by atoms with van der Waals surface area (Å²) in [6.45, 7) is 0.551. The van der Waals surface area contributed by atoms with Gasteiger partial charge in [0.15, 0.2) is 11.5 Å². The average Bonchev–Trinajstić information content (AvgIpc) is 3.01. The molecule has 0 spiro atoms. The van der Waals surface area contributed by atoms with E-state index in [1.165, 1.54) is 19.2 Å². The second-order valence-corrected chi connectivity index (χ2v) is 6.19. The van der Waals surface area contributed by atoms with Crippen LogP contribution in [-0.2, 0) is 13.0 Å². The van der Waals surface area contributed by atoms with Crippen molar-refractivity contribution in [2.24, 2.45) is 0 Å². The van der Waals surface area contributed by atoms with Crippen molar-refractivity contribution < 1.29 is 24.1 Å². The van der Waals surface area contributed by atoms with E-state index in [1.807, 2.05) is 4.57 Å². The largest absolute Gasteiger partial charge is 0.504 e. The van der Waals surface area contributed by atoms with E-state index in [2.05, 4.69) is 0 Å². The molecule has 1 aliphatic rings. The van der Waals surface area contributed by atoms with Crippen molar-refractivity contribution in [2.45, 2.75) is 13.0 Å². The fraction of sp³-hybridized carbons (Fsp3) is 0.150. The summed E-state index contributed by atoms with van der Waals surface area (Å²) in [6.07, 6.45) is 0.648. The Balaban J connectivity index is 1.98. The third-order valence-corrected chi connectivity index (χ3v) is 4.71. The number of aromatic carboxylic acids is 1. The Morgan fingerprint density at radius 1 is 1.23 bits per heavy atom. The van der Waals surface area contributed by atoms with E-state index < -0.39 is 11.8 Å². The summed E-state index contributed by atoms with van der Waals surface area (Å²) in [4.78, 5) is 11.8. The fourth-order valence-corrected chi connectivity index (χ4v) is 3.57. The van der Waals surface area contributed by atoms with Gasteiger partial charge in [0, 0.05) is 23.4 Å². The number of phenolic OH excluding ortho intramolecular Hbond substituents is 1. The highest BCUT2D eigenvalue weighted by atomic mass is 19.1. The van der Waals surface area contributed by atoms with Crippen molar-refractivity contribution in [2.75, 3.05) is 7.11 Å². The number of aromatic nitrogens is 1. The highest BCUT2D eigenvalue weighted by molar-refractivity contribution is 5.98. The molecule has 1 aliphatic heterocycles. The topological polar surface area (TPSA) is 71.7 Å². The second-order valence-electron chi connectivity index (χ2n) is 6.19. The van der Waals surface area contributed by atoms with Gasteiger partial charge < -0.3 is 19.5 Å². The first-order valence-corrected chi connectivity index (χ1v) is 8.12. The lowest BCUT2D eigenvalue weighted by atomic mass is 9.97. The number of phenols is 1. The molecule has 26 heavy (non-hydrogen) atoms. The third-order valence-electron chi connectivity index (χ3n) is 4.71. The fourth-order valence-electron chi connectivity index (χ4n) is 3.57. The summed E-state index contributed by atoms with van der Waals surface area (Å²) < 4.78 is 20.7. The Hall–Kier alpha value is -3.28. The molecule has 3 aromatic rings. The molecule has 0 amide bonds. The second kappa shape index (κ2) is 5.91. The van der Waals surface area contributed by atoms with Crippen LogP contribution in [0.4, 0.5) is 4.39 Å². The molecular formula is C20H16FNO4. The molecule has 5 nitrogen and oxygen atoms in total. The molecule has 2 N–H and O–H groups in total. The van der Waals surface area contributed by atoms with Gasteiger partial charge in [0.25, 0.3) is 0 Å². The number of carboxylic acids is 1. The van der Waals surface area contributed by atoms with E-state index >= 15 is 0 Å². The number of rotatable bonds is 3. The van der Waals surface area contributed by atoms with Crippen LogP contribution in [0.5, 0.6) is 11.5 Å². The van der Waals surface area contributed by atoms with Gasteiger partial charge in [-0.05, 0) is 42.3 Å². The number of fused-ring (bicyclic) bond motifs is 3. The Morgan fingerprint density at radius 2 is 2.04 bits per heavy atom. The molecule has 0 radical (unpaired) electrons. The Bertz CT molecular complexity index is 1040. The van der Waals surface area contributed by atoms with Crippen LogP contribution >= 0.6 is 0 Å². The monoisotopic (exact) mass is 353 g/mol. The van der Waals surface area contributed by atoms with Gasteiger partial charge in [-0.1, -0.05) is 12.1 Å². The van der Waals surface area contributed by atoms with Crippen LogP contribution in [0.15, 0.2) is 42.5 Å². The van der Waals surface area contributed by atoms with Gasteiger partial charge in [0.05, 0.1) is 18.4 Å². The van der Waals surface area contributed by atoms with E-state index in [-0.39, 0.29) is 11.3 Å². The van der Waals surface area contributed by atoms with E-state index in [4.69, 9.17) is 4.74 Å². The molecule has 2 heterocycles. The molecule has 132 valence electrons. The normalized spacial score (nSPS) is 12.4. The number of aromatic hydroxyl groups is 1. The SMILES string of the molecule is COc1cc2c(cc1O)-c1cc(C(=O)O)c(-c3cccc(F)c3)n1CC2. The minimum atomic E-state index is -1.08. The molecule has 0 bridgehead atoms. The van der Waals surface area contributed by atoms with Crippen LogP contribution in [0.25, 0.3) is 22.5 Å². The number of aryl methyl sites for hydroxylation is 1. The van der Waals surface area contributed by atoms with Crippen molar-refractivity contribution in [1.29, 1.82) is 0 Å². The third kappa shape index (κ3) is 2.42.